The van der Waals surface area contributed by atoms with Gasteiger partial charge < -0.3 is 5.32 Å². The van der Waals surface area contributed by atoms with E-state index in [2.05, 4.69) is 20.7 Å². The number of aryl methyl sites for hydroxylation is 3. The number of carbonyl (C=O) groups is 2. The van der Waals surface area contributed by atoms with Gasteiger partial charge in [0.25, 0.3) is 0 Å². The van der Waals surface area contributed by atoms with E-state index >= 15 is 0 Å². The SMILES string of the molecule is Cc1cc(C)cc(NC(=O)C2CC(=O)Nc3nc(C)nn32)c1. The van der Waals surface area contributed by atoms with Crippen LogP contribution in [0, 0.1) is 20.8 Å². The first-order valence-corrected chi connectivity index (χ1v) is 7.04. The molecule has 0 fully saturated rings. The Morgan fingerprint density at radius 2 is 1.95 bits per heavy atom. The summed E-state index contributed by atoms with van der Waals surface area (Å²) in [4.78, 5) is 28.4. The van der Waals surface area contributed by atoms with Gasteiger partial charge in [-0.1, -0.05) is 6.07 Å². The van der Waals surface area contributed by atoms with Crippen LogP contribution in [-0.2, 0) is 9.59 Å². The van der Waals surface area contributed by atoms with Gasteiger partial charge in [-0.05, 0) is 44.0 Å². The van der Waals surface area contributed by atoms with Crippen molar-refractivity contribution < 1.29 is 9.59 Å². The molecule has 2 N–H and O–H groups in total. The Hall–Kier alpha value is -2.70. The van der Waals surface area contributed by atoms with Gasteiger partial charge in [-0.15, -0.1) is 0 Å². The van der Waals surface area contributed by atoms with Crippen molar-refractivity contribution in [3.05, 3.63) is 35.2 Å². The van der Waals surface area contributed by atoms with Gasteiger partial charge >= 0.3 is 0 Å². The Balaban J connectivity index is 1.87. The second-order valence-electron chi connectivity index (χ2n) is 5.56. The zero-order chi connectivity index (χ0) is 15.9. The molecule has 7 nitrogen and oxygen atoms in total. The lowest BCUT2D eigenvalue weighted by Gasteiger charge is -2.22. The van der Waals surface area contributed by atoms with Gasteiger partial charge in [0.15, 0.2) is 0 Å². The maximum Gasteiger partial charge on any atom is 0.249 e. The van der Waals surface area contributed by atoms with Crippen LogP contribution in [0.5, 0.6) is 0 Å². The first-order valence-electron chi connectivity index (χ1n) is 7.04. The summed E-state index contributed by atoms with van der Waals surface area (Å²) in [6, 6.07) is 5.12. The highest BCUT2D eigenvalue weighted by Gasteiger charge is 2.32. The van der Waals surface area contributed by atoms with Crippen LogP contribution in [0.3, 0.4) is 0 Å². The molecular weight excluding hydrogens is 282 g/mol. The summed E-state index contributed by atoms with van der Waals surface area (Å²) in [5.74, 6) is 0.321. The van der Waals surface area contributed by atoms with E-state index < -0.39 is 6.04 Å². The van der Waals surface area contributed by atoms with Crippen LogP contribution in [0.25, 0.3) is 0 Å². The second-order valence-corrected chi connectivity index (χ2v) is 5.56. The number of nitrogens with zero attached hydrogens (tertiary/aromatic N) is 3. The van der Waals surface area contributed by atoms with Crippen molar-refractivity contribution in [2.75, 3.05) is 10.6 Å². The molecule has 3 rings (SSSR count). The molecule has 1 aromatic carbocycles. The third-order valence-electron chi connectivity index (χ3n) is 3.45. The maximum absolute atomic E-state index is 12.5. The monoisotopic (exact) mass is 299 g/mol. The Morgan fingerprint density at radius 3 is 2.64 bits per heavy atom. The molecule has 1 unspecified atom stereocenters. The molecule has 114 valence electrons. The van der Waals surface area contributed by atoms with E-state index in [1.54, 1.807) is 6.92 Å². The lowest BCUT2D eigenvalue weighted by molar-refractivity contribution is -0.125. The van der Waals surface area contributed by atoms with Crippen LogP contribution in [0.1, 0.15) is 29.4 Å². The number of amides is 2. The molecule has 2 amide bonds. The summed E-state index contributed by atoms with van der Waals surface area (Å²) in [7, 11) is 0. The molecule has 0 spiro atoms. The highest BCUT2D eigenvalue weighted by molar-refractivity contribution is 6.00. The van der Waals surface area contributed by atoms with E-state index in [1.807, 2.05) is 32.0 Å². The second kappa shape index (κ2) is 5.25. The normalized spacial score (nSPS) is 16.9. The maximum atomic E-state index is 12.5. The number of anilines is 2. The summed E-state index contributed by atoms with van der Waals surface area (Å²) >= 11 is 0. The van der Waals surface area contributed by atoms with Crippen LogP contribution in [0.4, 0.5) is 11.6 Å². The molecule has 2 aromatic rings. The minimum atomic E-state index is -0.689. The molecule has 7 heteroatoms. The third kappa shape index (κ3) is 2.69. The molecule has 1 aliphatic heterocycles. The van der Waals surface area contributed by atoms with E-state index in [4.69, 9.17) is 0 Å². The number of nitrogens with one attached hydrogen (secondary N) is 2. The standard InChI is InChI=1S/C15H17N5O2/c1-8-4-9(2)6-11(5-8)17-14(22)12-7-13(21)18-15-16-10(3)19-20(12)15/h4-6,12H,7H2,1-3H3,(H,17,22)(H,16,18,19,21). The van der Waals surface area contributed by atoms with Crippen molar-refractivity contribution in [1.29, 1.82) is 0 Å². The number of rotatable bonds is 2. The largest absolute Gasteiger partial charge is 0.324 e. The van der Waals surface area contributed by atoms with Crippen LogP contribution in [-0.4, -0.2) is 26.6 Å². The van der Waals surface area contributed by atoms with Gasteiger partial charge in [-0.25, -0.2) is 4.68 Å². The number of carbonyl (C=O) groups excluding carboxylic acids is 2. The van der Waals surface area contributed by atoms with Crippen molar-refractivity contribution in [2.45, 2.75) is 33.2 Å². The van der Waals surface area contributed by atoms with Crippen molar-refractivity contribution in [3.63, 3.8) is 0 Å². The fourth-order valence-electron chi connectivity index (χ4n) is 2.65. The van der Waals surface area contributed by atoms with Crippen molar-refractivity contribution in [2.24, 2.45) is 0 Å². The van der Waals surface area contributed by atoms with Crippen LogP contribution < -0.4 is 10.6 Å². The summed E-state index contributed by atoms with van der Waals surface area (Å²) in [5, 5.41) is 9.67. The fourth-order valence-corrected chi connectivity index (χ4v) is 2.65. The zero-order valence-corrected chi connectivity index (χ0v) is 12.7. The molecule has 0 saturated carbocycles. The molecular formula is C15H17N5O2. The molecule has 0 aliphatic carbocycles. The Kier molecular flexibility index (Phi) is 3.40. The van der Waals surface area contributed by atoms with Gasteiger partial charge in [-0.3, -0.25) is 14.9 Å². The number of benzene rings is 1. The summed E-state index contributed by atoms with van der Waals surface area (Å²) < 4.78 is 1.47. The average Bonchev–Trinajstić information content (AvgIpc) is 2.76. The number of aromatic nitrogens is 3. The highest BCUT2D eigenvalue weighted by Crippen LogP contribution is 2.24. The number of hydrogen-bond acceptors (Lipinski definition) is 4. The topological polar surface area (TPSA) is 88.9 Å². The van der Waals surface area contributed by atoms with Gasteiger partial charge in [0.2, 0.25) is 17.8 Å². The molecule has 2 heterocycles. The van der Waals surface area contributed by atoms with Crippen LogP contribution in [0.15, 0.2) is 18.2 Å². The lowest BCUT2D eigenvalue weighted by atomic mass is 10.1. The molecule has 1 atom stereocenters. The summed E-state index contributed by atoms with van der Waals surface area (Å²) in [5.41, 5.74) is 2.84. The molecule has 0 radical (unpaired) electrons. The van der Waals surface area contributed by atoms with Crippen LogP contribution >= 0.6 is 0 Å². The molecule has 1 aliphatic rings. The Bertz CT molecular complexity index is 745. The fraction of sp³-hybridized carbons (Fsp3) is 0.333. The minimum Gasteiger partial charge on any atom is -0.324 e. The van der Waals surface area contributed by atoms with E-state index in [9.17, 15) is 9.59 Å². The quantitative estimate of drug-likeness (QED) is 0.883. The predicted octanol–water partition coefficient (Wildman–Crippen LogP) is 1.73. The van der Waals surface area contributed by atoms with E-state index in [-0.39, 0.29) is 18.2 Å². The van der Waals surface area contributed by atoms with Gasteiger partial charge in [0.05, 0.1) is 6.42 Å². The highest BCUT2D eigenvalue weighted by atomic mass is 16.2. The number of hydrogen-bond donors (Lipinski definition) is 2. The molecule has 1 aromatic heterocycles. The van der Waals surface area contributed by atoms with Crippen LogP contribution in [0.2, 0.25) is 0 Å². The van der Waals surface area contributed by atoms with E-state index in [0.717, 1.165) is 11.1 Å². The van der Waals surface area contributed by atoms with Crippen molar-refractivity contribution in [3.8, 4) is 0 Å². The van der Waals surface area contributed by atoms with E-state index in [1.165, 1.54) is 4.68 Å². The first kappa shape index (κ1) is 14.2. The number of fused-ring (bicyclic) bond motifs is 1. The zero-order valence-electron chi connectivity index (χ0n) is 12.7. The lowest BCUT2D eigenvalue weighted by Crippen LogP contribution is -2.36. The molecule has 0 saturated heterocycles. The third-order valence-corrected chi connectivity index (χ3v) is 3.45. The predicted molar refractivity (Wildman–Crippen MR) is 81.6 cm³/mol. The Labute approximate surface area is 127 Å². The first-order chi connectivity index (χ1) is 10.4. The molecule has 22 heavy (non-hydrogen) atoms. The van der Waals surface area contributed by atoms with Crippen molar-refractivity contribution in [1.82, 2.24) is 14.8 Å². The minimum absolute atomic E-state index is 0.0480. The average molecular weight is 299 g/mol. The van der Waals surface area contributed by atoms with Gasteiger partial charge in [-0.2, -0.15) is 10.1 Å². The Morgan fingerprint density at radius 1 is 1.27 bits per heavy atom. The van der Waals surface area contributed by atoms with Gasteiger partial charge in [0.1, 0.15) is 11.9 Å². The smallest absolute Gasteiger partial charge is 0.249 e. The summed E-state index contributed by atoms with van der Waals surface area (Å²) in [6.45, 7) is 5.65. The molecule has 0 bridgehead atoms. The van der Waals surface area contributed by atoms with E-state index in [0.29, 0.717) is 17.5 Å². The summed E-state index contributed by atoms with van der Waals surface area (Å²) in [6.07, 6.45) is 0.0480. The van der Waals surface area contributed by atoms with Gasteiger partial charge in [0, 0.05) is 5.69 Å². The van der Waals surface area contributed by atoms with Crippen molar-refractivity contribution >= 4 is 23.5 Å².